The highest BCUT2D eigenvalue weighted by molar-refractivity contribution is 5.94. The Balaban J connectivity index is 1.80. The number of carbonyl (C=O) groups is 5. The number of ether oxygens (including phenoxy) is 2. The average Bonchev–Trinajstić information content (AvgIpc) is 3.34. The minimum atomic E-state index is -1.31. The van der Waals surface area contributed by atoms with Gasteiger partial charge in [0, 0.05) is 31.0 Å². The van der Waals surface area contributed by atoms with E-state index in [2.05, 4.69) is 16.0 Å². The zero-order valence-corrected chi connectivity index (χ0v) is 28.3. The second kappa shape index (κ2) is 16.2. The molecule has 260 valence electrons. The number of aromatic nitrogens is 1. The van der Waals surface area contributed by atoms with Crippen molar-refractivity contribution in [2.24, 2.45) is 0 Å². The molecule has 0 aliphatic rings. The summed E-state index contributed by atoms with van der Waals surface area (Å²) in [7, 11) is 0. The molecule has 0 aliphatic carbocycles. The second-order valence-corrected chi connectivity index (χ2v) is 13.5. The maximum Gasteiger partial charge on any atom is 0.419 e. The van der Waals surface area contributed by atoms with E-state index in [4.69, 9.17) is 9.47 Å². The molecule has 48 heavy (non-hydrogen) atoms. The summed E-state index contributed by atoms with van der Waals surface area (Å²) in [5.74, 6) is -2.36. The minimum absolute atomic E-state index is 0.00363. The Kier molecular flexibility index (Phi) is 12.6. The first kappa shape index (κ1) is 37.4. The predicted molar refractivity (Wildman–Crippen MR) is 179 cm³/mol. The lowest BCUT2D eigenvalue weighted by atomic mass is 10.0. The van der Waals surface area contributed by atoms with Gasteiger partial charge in [0.15, 0.2) is 0 Å². The van der Waals surface area contributed by atoms with Gasteiger partial charge in [-0.05, 0) is 90.1 Å². The van der Waals surface area contributed by atoms with Crippen molar-refractivity contribution in [2.45, 2.75) is 96.9 Å². The van der Waals surface area contributed by atoms with E-state index >= 15 is 0 Å². The molecule has 0 saturated carbocycles. The fourth-order valence-corrected chi connectivity index (χ4v) is 4.83. The number of phenolic OH excluding ortho intramolecular Hbond substituents is 1. The minimum Gasteiger partial charge on any atom is -0.508 e. The summed E-state index contributed by atoms with van der Waals surface area (Å²) < 4.78 is 12.1. The first-order chi connectivity index (χ1) is 22.4. The summed E-state index contributed by atoms with van der Waals surface area (Å²) in [4.78, 5) is 63.9. The van der Waals surface area contributed by atoms with Gasteiger partial charge in [0.1, 0.15) is 29.0 Å². The zero-order chi connectivity index (χ0) is 35.6. The van der Waals surface area contributed by atoms with Gasteiger partial charge in [0.05, 0.1) is 5.52 Å². The van der Waals surface area contributed by atoms with E-state index in [9.17, 15) is 34.2 Å². The van der Waals surface area contributed by atoms with Crippen molar-refractivity contribution in [3.63, 3.8) is 0 Å². The summed E-state index contributed by atoms with van der Waals surface area (Å²) in [5.41, 5.74) is 0.453. The highest BCUT2D eigenvalue weighted by Crippen LogP contribution is 2.24. The van der Waals surface area contributed by atoms with Crippen LogP contribution >= 0.6 is 0 Å². The number of aliphatic carboxylic acids is 1. The zero-order valence-electron chi connectivity index (χ0n) is 28.3. The molecule has 0 spiro atoms. The third kappa shape index (κ3) is 11.9. The Labute approximate surface area is 280 Å². The third-order valence-corrected chi connectivity index (χ3v) is 6.99. The number of rotatable bonds is 13. The molecule has 13 nitrogen and oxygen atoms in total. The molecule has 2 atom stereocenters. The molecule has 3 rings (SSSR count). The summed E-state index contributed by atoms with van der Waals surface area (Å²) in [6, 6.07) is 11.0. The van der Waals surface area contributed by atoms with Crippen molar-refractivity contribution in [3.8, 4) is 5.75 Å². The highest BCUT2D eigenvalue weighted by Gasteiger charge is 2.29. The number of hydrogen-bond acceptors (Lipinski definition) is 8. The largest absolute Gasteiger partial charge is 0.508 e. The van der Waals surface area contributed by atoms with Gasteiger partial charge in [-0.15, -0.1) is 0 Å². The number of fused-ring (bicyclic) bond motifs is 1. The number of alkyl carbamates (subject to hydrolysis) is 1. The van der Waals surface area contributed by atoms with Crippen LogP contribution in [0, 0.1) is 0 Å². The predicted octanol–water partition coefficient (Wildman–Crippen LogP) is 4.66. The molecule has 0 bridgehead atoms. The van der Waals surface area contributed by atoms with E-state index in [1.165, 1.54) is 16.7 Å². The van der Waals surface area contributed by atoms with Crippen LogP contribution in [0.2, 0.25) is 0 Å². The van der Waals surface area contributed by atoms with Crippen LogP contribution < -0.4 is 16.0 Å². The number of nitrogens with zero attached hydrogens (tertiary/aromatic N) is 1. The summed E-state index contributed by atoms with van der Waals surface area (Å²) in [6.07, 6.45) is 0.820. The summed E-state index contributed by atoms with van der Waals surface area (Å²) in [6.45, 7) is 10.5. The van der Waals surface area contributed by atoms with Crippen LogP contribution in [0.4, 0.5) is 9.59 Å². The fourth-order valence-electron chi connectivity index (χ4n) is 4.83. The Morgan fingerprint density at radius 2 is 1.50 bits per heavy atom. The van der Waals surface area contributed by atoms with Crippen LogP contribution in [0.1, 0.15) is 71.9 Å². The molecular formula is C35H46N4O9. The Hall–Kier alpha value is -5.07. The standard InChI is InChI=1S/C35H46N4O9/c1-34(2,3)47-32(45)36-19-9-11-26(31(43)44)38-30(42)27(37-29(41)18-15-22-13-16-24(40)17-14-22)20-23-21-39(33(46)48-35(4,5)6)28-12-8-7-10-25(23)28/h7-8,10,12-14,16-17,21,26-27,40H,9,11,15,18-20H2,1-6H3,(H,36,45)(H,37,41)(H,38,42)(H,43,44). The normalized spacial score (nSPS) is 12.9. The van der Waals surface area contributed by atoms with Gasteiger partial charge in [-0.3, -0.25) is 14.2 Å². The van der Waals surface area contributed by atoms with Gasteiger partial charge in [0.2, 0.25) is 11.8 Å². The third-order valence-electron chi connectivity index (χ3n) is 6.99. The van der Waals surface area contributed by atoms with E-state index in [0.29, 0.717) is 22.9 Å². The molecule has 1 aromatic heterocycles. The maximum atomic E-state index is 13.7. The lowest BCUT2D eigenvalue weighted by Crippen LogP contribution is -2.52. The highest BCUT2D eigenvalue weighted by atomic mass is 16.6. The van der Waals surface area contributed by atoms with Gasteiger partial charge < -0.3 is 35.6 Å². The number of aromatic hydroxyl groups is 1. The molecule has 0 radical (unpaired) electrons. The first-order valence-electron chi connectivity index (χ1n) is 15.8. The van der Waals surface area contributed by atoms with Crippen molar-refractivity contribution in [1.29, 1.82) is 0 Å². The maximum absolute atomic E-state index is 13.7. The SMILES string of the molecule is CC(C)(C)OC(=O)NCCCC(NC(=O)C(Cc1cn(C(=O)OC(C)(C)C)c2ccccc12)NC(=O)CCc1ccc(O)cc1)C(=O)O. The van der Waals surface area contributed by atoms with E-state index in [-0.39, 0.29) is 38.0 Å². The van der Waals surface area contributed by atoms with E-state index < -0.39 is 53.3 Å². The molecule has 0 fully saturated rings. The van der Waals surface area contributed by atoms with E-state index in [1.807, 2.05) is 0 Å². The number of aryl methyl sites for hydroxylation is 1. The number of carbonyl (C=O) groups excluding carboxylic acids is 4. The van der Waals surface area contributed by atoms with Crippen molar-refractivity contribution in [1.82, 2.24) is 20.5 Å². The number of nitrogens with one attached hydrogen (secondary N) is 3. The van der Waals surface area contributed by atoms with Crippen LogP contribution in [0.15, 0.2) is 54.7 Å². The molecule has 0 saturated heterocycles. The number of hydrogen-bond donors (Lipinski definition) is 5. The number of carboxylic acid groups (broad SMARTS) is 1. The van der Waals surface area contributed by atoms with Gasteiger partial charge in [-0.2, -0.15) is 0 Å². The monoisotopic (exact) mass is 666 g/mol. The molecular weight excluding hydrogens is 620 g/mol. The number of benzene rings is 2. The van der Waals surface area contributed by atoms with Crippen LogP contribution in [-0.2, 0) is 36.7 Å². The Morgan fingerprint density at radius 3 is 2.12 bits per heavy atom. The Morgan fingerprint density at radius 1 is 0.854 bits per heavy atom. The van der Waals surface area contributed by atoms with Crippen molar-refractivity contribution in [3.05, 3.63) is 65.9 Å². The van der Waals surface area contributed by atoms with Gasteiger partial charge in [0.25, 0.3) is 0 Å². The van der Waals surface area contributed by atoms with E-state index in [1.54, 1.807) is 84.1 Å². The second-order valence-electron chi connectivity index (χ2n) is 13.5. The topological polar surface area (TPSA) is 185 Å². The van der Waals surface area contributed by atoms with Crippen molar-refractivity contribution in [2.75, 3.05) is 6.54 Å². The number of phenols is 1. The van der Waals surface area contributed by atoms with Crippen molar-refractivity contribution >= 4 is 40.9 Å². The molecule has 13 heteroatoms. The van der Waals surface area contributed by atoms with E-state index in [0.717, 1.165) is 5.56 Å². The van der Waals surface area contributed by atoms with Gasteiger partial charge in [-0.25, -0.2) is 14.4 Å². The molecule has 5 N–H and O–H groups in total. The van der Waals surface area contributed by atoms with Crippen LogP contribution in [0.5, 0.6) is 5.75 Å². The molecule has 3 aromatic rings. The lowest BCUT2D eigenvalue weighted by molar-refractivity contribution is -0.142. The first-order valence-corrected chi connectivity index (χ1v) is 15.8. The molecule has 2 unspecified atom stereocenters. The van der Waals surface area contributed by atoms with Gasteiger partial charge >= 0.3 is 18.2 Å². The Bertz CT molecular complexity index is 1600. The summed E-state index contributed by atoms with van der Waals surface area (Å²) >= 11 is 0. The average molecular weight is 667 g/mol. The van der Waals surface area contributed by atoms with Gasteiger partial charge in [-0.1, -0.05) is 30.3 Å². The lowest BCUT2D eigenvalue weighted by Gasteiger charge is -2.22. The fraction of sp³-hybridized carbons (Fsp3) is 0.457. The molecule has 0 aliphatic heterocycles. The molecule has 2 aromatic carbocycles. The van der Waals surface area contributed by atoms with Crippen LogP contribution in [0.25, 0.3) is 10.9 Å². The van der Waals surface area contributed by atoms with Crippen LogP contribution in [0.3, 0.4) is 0 Å². The molecule has 3 amide bonds. The number of para-hydroxylation sites is 1. The molecule has 1 heterocycles. The van der Waals surface area contributed by atoms with Crippen LogP contribution in [-0.4, -0.2) is 74.6 Å². The number of carboxylic acids is 1. The number of amides is 3. The smallest absolute Gasteiger partial charge is 0.419 e. The summed E-state index contributed by atoms with van der Waals surface area (Å²) in [5, 5.41) is 27.9. The quantitative estimate of drug-likeness (QED) is 0.162. The van der Waals surface area contributed by atoms with Crippen molar-refractivity contribution < 1.29 is 43.7 Å².